The van der Waals surface area contributed by atoms with E-state index in [4.69, 9.17) is 0 Å². The van der Waals surface area contributed by atoms with Gasteiger partial charge in [0.15, 0.2) is 17.1 Å². The summed E-state index contributed by atoms with van der Waals surface area (Å²) in [6.07, 6.45) is -15.4. The Labute approximate surface area is 263 Å². The molecule has 0 fully saturated rings. The fraction of sp³-hybridized carbons (Fsp3) is 0.0909. The molecule has 6 nitrogen and oxygen atoms in total. The number of para-hydroxylation sites is 6. The number of fused-ring (bicyclic) bond motifs is 3. The van der Waals surface area contributed by atoms with Crippen LogP contribution in [0.1, 0.15) is 17.1 Å². The average molecular weight is 667 g/mol. The Hall–Kier alpha value is -5.73. The van der Waals surface area contributed by atoms with Crippen molar-refractivity contribution in [3.63, 3.8) is 0 Å². The molecule has 0 atom stereocenters. The van der Waals surface area contributed by atoms with E-state index in [0.29, 0.717) is 0 Å². The lowest BCUT2D eigenvalue weighted by Gasteiger charge is -2.19. The smallest absolute Gasteiger partial charge is 0.244 e. The van der Waals surface area contributed by atoms with Crippen LogP contribution in [0.25, 0.3) is 66.9 Å². The molecule has 3 heterocycles. The Bertz CT molecular complexity index is 2380. The summed E-state index contributed by atoms with van der Waals surface area (Å²) in [5.41, 5.74) is -9.19. The summed E-state index contributed by atoms with van der Waals surface area (Å²) >= 11 is 0. The number of alkyl halides is 9. The highest BCUT2D eigenvalue weighted by Gasteiger charge is 2.41. The third-order valence-corrected chi connectivity index (χ3v) is 7.32. The number of hydrogen-bond acceptors (Lipinski definition) is 6. The van der Waals surface area contributed by atoms with E-state index in [1.165, 1.54) is 72.8 Å². The van der Waals surface area contributed by atoms with E-state index in [1.807, 2.05) is 0 Å². The van der Waals surface area contributed by atoms with Gasteiger partial charge in [-0.25, -0.2) is 29.9 Å². The summed E-state index contributed by atoms with van der Waals surface area (Å²) in [5, 5.41) is 0. The molecule has 7 aromatic rings. The van der Waals surface area contributed by atoms with Gasteiger partial charge in [0.05, 0.1) is 33.1 Å². The van der Waals surface area contributed by atoms with Gasteiger partial charge in [0.25, 0.3) is 0 Å². The van der Waals surface area contributed by atoms with Crippen LogP contribution >= 0.6 is 0 Å². The van der Waals surface area contributed by atoms with Gasteiger partial charge in [-0.2, -0.15) is 39.5 Å². The van der Waals surface area contributed by atoms with Crippen LogP contribution in [0.2, 0.25) is 0 Å². The summed E-state index contributed by atoms with van der Waals surface area (Å²) in [4.78, 5) is 23.6. The summed E-state index contributed by atoms with van der Waals surface area (Å²) < 4.78 is 130. The van der Waals surface area contributed by atoms with Gasteiger partial charge in [0.1, 0.15) is 17.1 Å². The van der Waals surface area contributed by atoms with Crippen LogP contribution in [-0.2, 0) is 18.5 Å². The van der Waals surface area contributed by atoms with E-state index < -0.39 is 69.4 Å². The fourth-order valence-electron chi connectivity index (χ4n) is 5.26. The molecule has 0 saturated carbocycles. The zero-order valence-corrected chi connectivity index (χ0v) is 23.7. The molecule has 240 valence electrons. The summed E-state index contributed by atoms with van der Waals surface area (Å²) in [5.74, 6) is 0. The molecule has 15 heteroatoms. The second kappa shape index (κ2) is 10.9. The number of aromatic nitrogens is 6. The van der Waals surface area contributed by atoms with E-state index in [1.54, 1.807) is 0 Å². The molecule has 0 aliphatic heterocycles. The van der Waals surface area contributed by atoms with Crippen LogP contribution in [0, 0.1) is 0 Å². The highest BCUT2D eigenvalue weighted by Crippen LogP contribution is 2.45. The van der Waals surface area contributed by atoms with Crippen LogP contribution < -0.4 is 0 Å². The fourth-order valence-corrected chi connectivity index (χ4v) is 5.26. The third kappa shape index (κ3) is 5.50. The molecule has 0 amide bonds. The number of rotatable bonds is 3. The predicted octanol–water partition coefficient (Wildman–Crippen LogP) is 9.57. The van der Waals surface area contributed by atoms with E-state index >= 15 is 0 Å². The van der Waals surface area contributed by atoms with Crippen LogP contribution in [-0.4, -0.2) is 29.9 Å². The molecule has 0 aliphatic carbocycles. The van der Waals surface area contributed by atoms with Crippen molar-refractivity contribution < 1.29 is 39.5 Å². The van der Waals surface area contributed by atoms with Crippen LogP contribution in [0.5, 0.6) is 0 Å². The van der Waals surface area contributed by atoms with Crippen molar-refractivity contribution in [2.75, 3.05) is 0 Å². The normalized spacial score (nSPS) is 12.7. The minimum Gasteiger partial charge on any atom is -0.244 e. The minimum atomic E-state index is -5.19. The monoisotopic (exact) mass is 666 g/mol. The van der Waals surface area contributed by atoms with E-state index in [9.17, 15) is 39.5 Å². The van der Waals surface area contributed by atoms with Crippen LogP contribution in [0.4, 0.5) is 39.5 Å². The lowest BCUT2D eigenvalue weighted by atomic mass is 9.94. The number of nitrogens with zero attached hydrogens (tertiary/aromatic N) is 6. The number of halogens is 9. The van der Waals surface area contributed by atoms with Gasteiger partial charge in [-0.15, -0.1) is 0 Å². The van der Waals surface area contributed by atoms with Gasteiger partial charge in [0, 0.05) is 16.7 Å². The lowest BCUT2D eigenvalue weighted by molar-refractivity contribution is -0.141. The van der Waals surface area contributed by atoms with Gasteiger partial charge in [0.2, 0.25) is 0 Å². The maximum absolute atomic E-state index is 14.6. The van der Waals surface area contributed by atoms with E-state index in [2.05, 4.69) is 29.9 Å². The predicted molar refractivity (Wildman–Crippen MR) is 157 cm³/mol. The van der Waals surface area contributed by atoms with Gasteiger partial charge >= 0.3 is 18.5 Å². The van der Waals surface area contributed by atoms with Crippen molar-refractivity contribution in [1.29, 1.82) is 0 Å². The van der Waals surface area contributed by atoms with E-state index in [0.717, 1.165) is 18.2 Å². The largest absolute Gasteiger partial charge is 0.435 e. The molecule has 0 N–H and O–H groups in total. The maximum Gasteiger partial charge on any atom is 0.435 e. The highest BCUT2D eigenvalue weighted by molar-refractivity contribution is 5.91. The van der Waals surface area contributed by atoms with E-state index in [-0.39, 0.29) is 33.1 Å². The zero-order chi connectivity index (χ0) is 34.0. The molecule has 0 spiro atoms. The first-order valence-electron chi connectivity index (χ1n) is 13.9. The molecule has 48 heavy (non-hydrogen) atoms. The Balaban J connectivity index is 1.61. The van der Waals surface area contributed by atoms with Crippen molar-refractivity contribution in [3.05, 3.63) is 108 Å². The molecule has 4 aromatic carbocycles. The lowest BCUT2D eigenvalue weighted by Crippen LogP contribution is -2.15. The Morgan fingerprint density at radius 2 is 0.646 bits per heavy atom. The molecule has 0 aliphatic rings. The van der Waals surface area contributed by atoms with Crippen molar-refractivity contribution in [2.45, 2.75) is 18.5 Å². The first-order valence-corrected chi connectivity index (χ1v) is 13.9. The molecule has 3 aromatic heterocycles. The minimum absolute atomic E-state index is 0.0177. The third-order valence-electron chi connectivity index (χ3n) is 7.32. The molecule has 7 rings (SSSR count). The number of benzene rings is 4. The van der Waals surface area contributed by atoms with Gasteiger partial charge in [-0.05, 0) is 42.5 Å². The van der Waals surface area contributed by atoms with Crippen molar-refractivity contribution >= 4 is 33.1 Å². The topological polar surface area (TPSA) is 77.3 Å². The maximum atomic E-state index is 14.6. The van der Waals surface area contributed by atoms with Crippen molar-refractivity contribution in [2.24, 2.45) is 0 Å². The second-order valence-electron chi connectivity index (χ2n) is 10.5. The number of hydrogen-bond donors (Lipinski definition) is 0. The van der Waals surface area contributed by atoms with Gasteiger partial charge in [-0.3, -0.25) is 0 Å². The molecular formula is C33H15F9N6. The Morgan fingerprint density at radius 1 is 0.333 bits per heavy atom. The van der Waals surface area contributed by atoms with Gasteiger partial charge in [-0.1, -0.05) is 48.5 Å². The summed E-state index contributed by atoms with van der Waals surface area (Å²) in [7, 11) is 0. The molecule has 0 radical (unpaired) electrons. The molecular weight excluding hydrogens is 651 g/mol. The first-order chi connectivity index (χ1) is 22.7. The van der Waals surface area contributed by atoms with Crippen LogP contribution in [0.15, 0.2) is 91.0 Å². The van der Waals surface area contributed by atoms with Gasteiger partial charge < -0.3 is 0 Å². The van der Waals surface area contributed by atoms with Crippen LogP contribution in [0.3, 0.4) is 0 Å². The SMILES string of the molecule is FC(F)(F)c1nc2ccccc2nc1-c1ccc(-c2nc3ccccc3nc2C(F)(F)F)c(-c2nc3ccccc3nc2C(F)(F)F)c1. The average Bonchev–Trinajstić information content (AvgIpc) is 3.05. The molecule has 0 bridgehead atoms. The Kier molecular flexibility index (Phi) is 7.03. The quantitative estimate of drug-likeness (QED) is 0.175. The Morgan fingerprint density at radius 3 is 1.02 bits per heavy atom. The second-order valence-corrected chi connectivity index (χ2v) is 10.5. The highest BCUT2D eigenvalue weighted by atomic mass is 19.4. The summed E-state index contributed by atoms with van der Waals surface area (Å²) in [6, 6.07) is 19.4. The summed E-state index contributed by atoms with van der Waals surface area (Å²) in [6.45, 7) is 0. The molecule has 0 unspecified atom stereocenters. The molecule has 0 saturated heterocycles. The van der Waals surface area contributed by atoms with Crippen molar-refractivity contribution in [1.82, 2.24) is 29.9 Å². The first kappa shape index (κ1) is 30.9. The zero-order valence-electron chi connectivity index (χ0n) is 23.7. The van der Waals surface area contributed by atoms with Crippen molar-refractivity contribution in [3.8, 4) is 33.8 Å². The standard InChI is InChI=1S/C33H15F9N6/c34-31(35,36)28-25(43-19-7-1-4-10-22(19)46-28)16-13-14-17(26-29(32(37,38)39)47-23-11-5-2-8-20(23)44-26)18(15-16)27-30(33(40,41)42)48-24-12-6-3-9-21(24)45-27/h1-15H.